The number of halogens is 3. The average Bonchev–Trinajstić information content (AvgIpc) is 3.51. The monoisotopic (exact) mass is 540 g/mol. The van der Waals surface area contributed by atoms with Crippen LogP contribution in [-0.4, -0.2) is 32.1 Å². The van der Waals surface area contributed by atoms with E-state index in [-0.39, 0.29) is 10.9 Å². The highest BCUT2D eigenvalue weighted by atomic mass is 32.2. The molecule has 0 fully saturated rings. The van der Waals surface area contributed by atoms with Crippen LogP contribution in [0.2, 0.25) is 0 Å². The van der Waals surface area contributed by atoms with E-state index in [1.54, 1.807) is 30.5 Å². The molecule has 0 amide bonds. The lowest BCUT2D eigenvalue weighted by Gasteiger charge is -2.11. The second-order valence-electron chi connectivity index (χ2n) is 9.06. The number of nitrogens with one attached hydrogen (secondary N) is 1. The molecule has 8 nitrogen and oxygen atoms in total. The summed E-state index contributed by atoms with van der Waals surface area (Å²) in [5.41, 5.74) is 2.42. The third-order valence-electron chi connectivity index (χ3n) is 5.93. The first-order valence-corrected chi connectivity index (χ1v) is 13.1. The third-order valence-corrected chi connectivity index (χ3v) is 7.63. The van der Waals surface area contributed by atoms with Gasteiger partial charge in [-0.25, -0.2) is 22.4 Å². The molecule has 0 saturated heterocycles. The molecule has 1 N–H and O–H groups in total. The Morgan fingerprint density at radius 3 is 2.37 bits per heavy atom. The molecule has 196 valence electrons. The van der Waals surface area contributed by atoms with Gasteiger partial charge in [-0.15, -0.1) is 0 Å². The quantitative estimate of drug-likeness (QED) is 0.276. The van der Waals surface area contributed by atoms with Crippen molar-refractivity contribution in [3.63, 3.8) is 0 Å². The van der Waals surface area contributed by atoms with Crippen molar-refractivity contribution in [2.75, 3.05) is 5.32 Å². The minimum absolute atomic E-state index is 0.214. The van der Waals surface area contributed by atoms with Crippen molar-refractivity contribution in [2.45, 2.75) is 37.9 Å². The van der Waals surface area contributed by atoms with Gasteiger partial charge in [-0.2, -0.15) is 18.3 Å². The van der Waals surface area contributed by atoms with Gasteiger partial charge in [0.05, 0.1) is 27.9 Å². The number of alkyl halides is 3. The Kier molecular flexibility index (Phi) is 6.22. The minimum atomic E-state index is -4.55. The SMILES string of the molecule is Cc1cc(-c2cnn(C(C)C)c2)nc(Nc2ccc3c(ccn3S(=O)(=O)c3ccc(C(F)(F)F)cc3)c2)n1. The van der Waals surface area contributed by atoms with Gasteiger partial charge in [-0.05, 0) is 75.4 Å². The van der Waals surface area contributed by atoms with Gasteiger partial charge in [0.2, 0.25) is 5.95 Å². The highest BCUT2D eigenvalue weighted by molar-refractivity contribution is 7.90. The van der Waals surface area contributed by atoms with Gasteiger partial charge in [-0.1, -0.05) is 0 Å². The summed E-state index contributed by atoms with van der Waals surface area (Å²) in [4.78, 5) is 8.81. The van der Waals surface area contributed by atoms with Gasteiger partial charge in [0.15, 0.2) is 0 Å². The zero-order valence-corrected chi connectivity index (χ0v) is 21.4. The number of rotatable bonds is 6. The van der Waals surface area contributed by atoms with Gasteiger partial charge < -0.3 is 5.32 Å². The summed E-state index contributed by atoms with van der Waals surface area (Å²) in [6.45, 7) is 5.93. The van der Waals surface area contributed by atoms with Crippen LogP contribution in [-0.2, 0) is 16.2 Å². The Morgan fingerprint density at radius 2 is 1.71 bits per heavy atom. The summed E-state index contributed by atoms with van der Waals surface area (Å²) in [5.74, 6) is 0.369. The van der Waals surface area contributed by atoms with Crippen molar-refractivity contribution in [2.24, 2.45) is 0 Å². The fraction of sp³-hybridized carbons (Fsp3) is 0.192. The normalized spacial score (nSPS) is 12.4. The molecular formula is C26H23F3N6O2S. The second-order valence-corrected chi connectivity index (χ2v) is 10.9. The van der Waals surface area contributed by atoms with E-state index < -0.39 is 21.8 Å². The van der Waals surface area contributed by atoms with Crippen LogP contribution in [0.4, 0.5) is 24.8 Å². The Morgan fingerprint density at radius 1 is 0.974 bits per heavy atom. The van der Waals surface area contributed by atoms with Crippen LogP contribution in [0.1, 0.15) is 31.1 Å². The summed E-state index contributed by atoms with van der Waals surface area (Å²) in [7, 11) is -4.11. The zero-order chi connectivity index (χ0) is 27.2. The fourth-order valence-corrected chi connectivity index (χ4v) is 5.34. The highest BCUT2D eigenvalue weighted by Crippen LogP contribution is 2.31. The van der Waals surface area contributed by atoms with Crippen LogP contribution in [0.3, 0.4) is 0 Å². The molecular weight excluding hydrogens is 517 g/mol. The molecule has 0 atom stereocenters. The van der Waals surface area contributed by atoms with Crippen molar-refractivity contribution in [1.29, 1.82) is 0 Å². The van der Waals surface area contributed by atoms with E-state index in [2.05, 4.69) is 20.4 Å². The van der Waals surface area contributed by atoms with E-state index in [1.165, 1.54) is 6.20 Å². The Hall–Kier alpha value is -4.19. The van der Waals surface area contributed by atoms with E-state index in [0.717, 1.165) is 39.5 Å². The van der Waals surface area contributed by atoms with Gasteiger partial charge in [-0.3, -0.25) is 4.68 Å². The summed E-state index contributed by atoms with van der Waals surface area (Å²) in [6, 6.07) is 12.2. The van der Waals surface area contributed by atoms with Crippen molar-refractivity contribution in [1.82, 2.24) is 23.7 Å². The smallest absolute Gasteiger partial charge is 0.324 e. The fourth-order valence-electron chi connectivity index (χ4n) is 3.99. The summed E-state index contributed by atoms with van der Waals surface area (Å²) in [5, 5.41) is 8.13. The molecule has 0 saturated carbocycles. The van der Waals surface area contributed by atoms with Crippen LogP contribution >= 0.6 is 0 Å². The number of hydrogen-bond donors (Lipinski definition) is 1. The van der Waals surface area contributed by atoms with Crippen LogP contribution in [0.25, 0.3) is 22.2 Å². The first kappa shape index (κ1) is 25.5. The van der Waals surface area contributed by atoms with E-state index in [1.807, 2.05) is 37.7 Å². The van der Waals surface area contributed by atoms with E-state index in [9.17, 15) is 21.6 Å². The summed E-state index contributed by atoms with van der Waals surface area (Å²) < 4.78 is 67.8. The van der Waals surface area contributed by atoms with Crippen LogP contribution < -0.4 is 5.32 Å². The van der Waals surface area contributed by atoms with Crippen LogP contribution in [0, 0.1) is 6.92 Å². The lowest BCUT2D eigenvalue weighted by atomic mass is 10.2. The maximum Gasteiger partial charge on any atom is 0.416 e. The third kappa shape index (κ3) is 4.86. The molecule has 5 rings (SSSR count). The number of nitrogens with zero attached hydrogens (tertiary/aromatic N) is 5. The highest BCUT2D eigenvalue weighted by Gasteiger charge is 2.31. The topological polar surface area (TPSA) is 94.7 Å². The van der Waals surface area contributed by atoms with Crippen LogP contribution in [0.5, 0.6) is 0 Å². The van der Waals surface area contributed by atoms with Gasteiger partial charge in [0.25, 0.3) is 10.0 Å². The zero-order valence-electron chi connectivity index (χ0n) is 20.6. The second kappa shape index (κ2) is 9.28. The molecule has 0 aliphatic carbocycles. The molecule has 12 heteroatoms. The standard InChI is InChI=1S/C26H23F3N6O2S/c1-16(2)34-15-19(14-30-34)23-12-17(3)31-25(33-23)32-21-6-9-24-18(13-21)10-11-35(24)38(36,37)22-7-4-20(5-8-22)26(27,28)29/h4-16H,1-3H3,(H,31,32,33). The number of hydrogen-bond acceptors (Lipinski definition) is 6. The molecule has 5 aromatic rings. The predicted molar refractivity (Wildman–Crippen MR) is 138 cm³/mol. The first-order chi connectivity index (χ1) is 17.9. The Balaban J connectivity index is 1.43. The average molecular weight is 541 g/mol. The molecule has 0 bridgehead atoms. The summed E-state index contributed by atoms with van der Waals surface area (Å²) >= 11 is 0. The molecule has 2 aromatic carbocycles. The molecule has 0 aliphatic heterocycles. The number of anilines is 2. The van der Waals surface area contributed by atoms with Gasteiger partial charge in [0, 0.05) is 40.8 Å². The number of fused-ring (bicyclic) bond motifs is 1. The van der Waals surface area contributed by atoms with Crippen LogP contribution in [0.15, 0.2) is 78.1 Å². The van der Waals surface area contributed by atoms with Crippen molar-refractivity contribution in [3.05, 3.63) is 84.4 Å². The lowest BCUT2D eigenvalue weighted by molar-refractivity contribution is -0.137. The molecule has 3 aromatic heterocycles. The Labute approximate surface area is 216 Å². The number of benzene rings is 2. The van der Waals surface area contributed by atoms with Crippen molar-refractivity contribution in [3.8, 4) is 11.3 Å². The van der Waals surface area contributed by atoms with Crippen molar-refractivity contribution >= 4 is 32.6 Å². The van der Waals surface area contributed by atoms with Gasteiger partial charge in [0.1, 0.15) is 0 Å². The lowest BCUT2D eigenvalue weighted by Crippen LogP contribution is -2.12. The molecule has 0 spiro atoms. The maximum absolute atomic E-state index is 13.1. The van der Waals surface area contributed by atoms with Crippen molar-refractivity contribution < 1.29 is 21.6 Å². The molecule has 0 unspecified atom stereocenters. The number of aryl methyl sites for hydroxylation is 1. The molecule has 38 heavy (non-hydrogen) atoms. The summed E-state index contributed by atoms with van der Waals surface area (Å²) in [6.07, 6.45) is 0.484. The van der Waals surface area contributed by atoms with Gasteiger partial charge >= 0.3 is 6.18 Å². The molecule has 3 heterocycles. The van der Waals surface area contributed by atoms with E-state index in [0.29, 0.717) is 28.2 Å². The van der Waals surface area contributed by atoms with E-state index in [4.69, 9.17) is 0 Å². The minimum Gasteiger partial charge on any atom is -0.324 e. The Bertz CT molecular complexity index is 1740. The first-order valence-electron chi connectivity index (χ1n) is 11.6. The molecule has 0 aliphatic rings. The maximum atomic E-state index is 13.1. The molecule has 0 radical (unpaired) electrons. The van der Waals surface area contributed by atoms with E-state index >= 15 is 0 Å². The predicted octanol–water partition coefficient (Wildman–Crippen LogP) is 6.18. The largest absolute Gasteiger partial charge is 0.416 e. The number of aromatic nitrogens is 5.